The van der Waals surface area contributed by atoms with Crippen molar-refractivity contribution in [2.45, 2.75) is 33.4 Å². The van der Waals surface area contributed by atoms with Crippen LogP contribution in [0.15, 0.2) is 48.5 Å². The summed E-state index contributed by atoms with van der Waals surface area (Å²) in [5, 5.41) is 9.01. The first-order valence-electron chi connectivity index (χ1n) is 12.6. The topological polar surface area (TPSA) is 81.4 Å². The second-order valence-electron chi connectivity index (χ2n) is 9.92. The summed E-state index contributed by atoms with van der Waals surface area (Å²) in [7, 11) is 0. The Bertz CT molecular complexity index is 1350. The van der Waals surface area contributed by atoms with Gasteiger partial charge in [-0.25, -0.2) is 14.6 Å². The zero-order valence-corrected chi connectivity index (χ0v) is 20.8. The largest absolute Gasteiger partial charge is 0.454 e. The third-order valence-corrected chi connectivity index (χ3v) is 6.67. The standard InChI is InChI=1S/C27H31N7O2/c1-19(2)14-24-28-26(25-27(29-24)34(31-30-25)17-20-6-4-3-5-7-20)33-12-10-32(11-13-33)16-21-8-9-22-23(15-21)36-18-35-22/h3-9,15,19H,10-14,16-18H2,1-2H3. The number of nitrogens with zero attached hydrogens (tertiary/aromatic N) is 7. The minimum atomic E-state index is 0.305. The molecule has 9 nitrogen and oxygen atoms in total. The fourth-order valence-electron chi connectivity index (χ4n) is 4.84. The molecule has 2 aliphatic rings. The van der Waals surface area contributed by atoms with Crippen LogP contribution in [0.3, 0.4) is 0 Å². The summed E-state index contributed by atoms with van der Waals surface area (Å²) in [6, 6.07) is 16.5. The van der Waals surface area contributed by atoms with Crippen LogP contribution in [0.5, 0.6) is 11.5 Å². The fraction of sp³-hybridized carbons (Fsp3) is 0.407. The Balaban J connectivity index is 1.22. The number of fused-ring (bicyclic) bond motifs is 2. The Morgan fingerprint density at radius 3 is 2.47 bits per heavy atom. The molecule has 0 atom stereocenters. The molecule has 2 aliphatic heterocycles. The summed E-state index contributed by atoms with van der Waals surface area (Å²) in [4.78, 5) is 14.7. The fourth-order valence-corrected chi connectivity index (χ4v) is 4.84. The number of hydrogen-bond donors (Lipinski definition) is 0. The third-order valence-electron chi connectivity index (χ3n) is 6.67. The van der Waals surface area contributed by atoms with Gasteiger partial charge in [0.1, 0.15) is 5.82 Å². The predicted octanol–water partition coefficient (Wildman–Crippen LogP) is 3.52. The molecule has 186 valence electrons. The summed E-state index contributed by atoms with van der Waals surface area (Å²) in [6.45, 7) is 9.86. The number of aromatic nitrogens is 5. The van der Waals surface area contributed by atoms with E-state index in [4.69, 9.17) is 19.4 Å². The summed E-state index contributed by atoms with van der Waals surface area (Å²) in [5.41, 5.74) is 4.00. The van der Waals surface area contributed by atoms with Crippen molar-refractivity contribution in [2.75, 3.05) is 37.9 Å². The molecule has 0 unspecified atom stereocenters. The van der Waals surface area contributed by atoms with Gasteiger partial charge in [0, 0.05) is 39.1 Å². The molecule has 1 saturated heterocycles. The Hall–Kier alpha value is -3.72. The van der Waals surface area contributed by atoms with Gasteiger partial charge in [-0.15, -0.1) is 5.10 Å². The van der Waals surface area contributed by atoms with E-state index in [2.05, 4.69) is 58.2 Å². The van der Waals surface area contributed by atoms with Crippen LogP contribution >= 0.6 is 0 Å². The third kappa shape index (κ3) is 4.70. The van der Waals surface area contributed by atoms with Gasteiger partial charge in [0.2, 0.25) is 6.79 Å². The molecule has 6 rings (SSSR count). The van der Waals surface area contributed by atoms with Crippen molar-refractivity contribution in [3.05, 3.63) is 65.5 Å². The first-order chi connectivity index (χ1) is 17.6. The maximum Gasteiger partial charge on any atom is 0.231 e. The van der Waals surface area contributed by atoms with Gasteiger partial charge in [-0.05, 0) is 29.2 Å². The molecule has 0 saturated carbocycles. The molecule has 0 aliphatic carbocycles. The Kier molecular flexibility index (Phi) is 6.14. The molecular weight excluding hydrogens is 454 g/mol. The van der Waals surface area contributed by atoms with E-state index in [9.17, 15) is 0 Å². The minimum absolute atomic E-state index is 0.305. The van der Waals surface area contributed by atoms with Gasteiger partial charge >= 0.3 is 0 Å². The molecule has 0 radical (unpaired) electrons. The van der Waals surface area contributed by atoms with Crippen molar-refractivity contribution in [1.82, 2.24) is 29.9 Å². The highest BCUT2D eigenvalue weighted by Gasteiger charge is 2.24. The Labute approximate surface area is 210 Å². The van der Waals surface area contributed by atoms with Gasteiger partial charge < -0.3 is 14.4 Å². The van der Waals surface area contributed by atoms with E-state index in [1.165, 1.54) is 11.1 Å². The predicted molar refractivity (Wildman–Crippen MR) is 137 cm³/mol. The lowest BCUT2D eigenvalue weighted by molar-refractivity contribution is 0.174. The van der Waals surface area contributed by atoms with Crippen molar-refractivity contribution in [1.29, 1.82) is 0 Å². The van der Waals surface area contributed by atoms with E-state index in [-0.39, 0.29) is 0 Å². The van der Waals surface area contributed by atoms with Crippen LogP contribution in [0.4, 0.5) is 5.82 Å². The van der Waals surface area contributed by atoms with Crippen LogP contribution in [-0.4, -0.2) is 62.8 Å². The van der Waals surface area contributed by atoms with E-state index in [0.29, 0.717) is 19.3 Å². The number of piperazine rings is 1. The van der Waals surface area contributed by atoms with Crippen LogP contribution in [0.1, 0.15) is 30.8 Å². The molecular formula is C27H31N7O2. The van der Waals surface area contributed by atoms with Gasteiger partial charge in [-0.1, -0.05) is 55.5 Å². The van der Waals surface area contributed by atoms with Crippen LogP contribution < -0.4 is 14.4 Å². The molecule has 9 heteroatoms. The molecule has 1 fully saturated rings. The smallest absolute Gasteiger partial charge is 0.231 e. The van der Waals surface area contributed by atoms with Gasteiger partial charge in [0.15, 0.2) is 28.5 Å². The van der Waals surface area contributed by atoms with E-state index >= 15 is 0 Å². The average molecular weight is 486 g/mol. The maximum atomic E-state index is 5.54. The number of benzene rings is 2. The maximum absolute atomic E-state index is 5.54. The first-order valence-corrected chi connectivity index (χ1v) is 12.6. The van der Waals surface area contributed by atoms with Crippen LogP contribution in [0, 0.1) is 5.92 Å². The van der Waals surface area contributed by atoms with Crippen molar-refractivity contribution < 1.29 is 9.47 Å². The van der Waals surface area contributed by atoms with Crippen molar-refractivity contribution in [3.8, 4) is 11.5 Å². The molecule has 4 aromatic rings. The molecule has 4 heterocycles. The van der Waals surface area contributed by atoms with Gasteiger partial charge in [0.05, 0.1) is 6.54 Å². The van der Waals surface area contributed by atoms with E-state index < -0.39 is 0 Å². The normalized spacial score (nSPS) is 15.8. The van der Waals surface area contributed by atoms with Crippen LogP contribution in [0.2, 0.25) is 0 Å². The van der Waals surface area contributed by atoms with E-state index in [1.807, 2.05) is 28.9 Å². The van der Waals surface area contributed by atoms with Crippen molar-refractivity contribution in [3.63, 3.8) is 0 Å². The second-order valence-corrected chi connectivity index (χ2v) is 9.92. The molecule has 0 bridgehead atoms. The van der Waals surface area contributed by atoms with E-state index in [1.54, 1.807) is 0 Å². The number of anilines is 1. The molecule has 2 aromatic carbocycles. The monoisotopic (exact) mass is 485 g/mol. The number of ether oxygens (including phenoxy) is 2. The highest BCUT2D eigenvalue weighted by atomic mass is 16.7. The molecule has 2 aromatic heterocycles. The second kappa shape index (κ2) is 9.73. The highest BCUT2D eigenvalue weighted by molar-refractivity contribution is 5.83. The Morgan fingerprint density at radius 1 is 0.861 bits per heavy atom. The summed E-state index contributed by atoms with van der Waals surface area (Å²) < 4.78 is 12.9. The number of hydrogen-bond acceptors (Lipinski definition) is 8. The molecule has 0 amide bonds. The summed E-state index contributed by atoms with van der Waals surface area (Å²) >= 11 is 0. The molecule has 36 heavy (non-hydrogen) atoms. The minimum Gasteiger partial charge on any atom is -0.454 e. The van der Waals surface area contributed by atoms with Crippen molar-refractivity contribution in [2.24, 2.45) is 5.92 Å². The van der Waals surface area contributed by atoms with E-state index in [0.717, 1.165) is 73.4 Å². The Morgan fingerprint density at radius 2 is 1.67 bits per heavy atom. The zero-order valence-electron chi connectivity index (χ0n) is 20.8. The quantitative estimate of drug-likeness (QED) is 0.393. The molecule has 0 spiro atoms. The van der Waals surface area contributed by atoms with Crippen LogP contribution in [0.25, 0.3) is 11.2 Å². The first kappa shape index (κ1) is 22.7. The van der Waals surface area contributed by atoms with Gasteiger partial charge in [-0.2, -0.15) is 0 Å². The van der Waals surface area contributed by atoms with Gasteiger partial charge in [0.25, 0.3) is 0 Å². The number of rotatable bonds is 7. The van der Waals surface area contributed by atoms with Gasteiger partial charge in [-0.3, -0.25) is 4.90 Å². The SMILES string of the molecule is CC(C)Cc1nc(N2CCN(Cc3ccc4c(c3)OCO4)CC2)c2nnn(Cc3ccccc3)c2n1. The van der Waals surface area contributed by atoms with Crippen LogP contribution in [-0.2, 0) is 19.5 Å². The lowest BCUT2D eigenvalue weighted by atomic mass is 10.1. The lowest BCUT2D eigenvalue weighted by Gasteiger charge is -2.35. The van der Waals surface area contributed by atoms with Crippen molar-refractivity contribution >= 4 is 17.0 Å². The summed E-state index contributed by atoms with van der Waals surface area (Å²) in [5.74, 6) is 3.89. The molecule has 0 N–H and O–H groups in total. The summed E-state index contributed by atoms with van der Waals surface area (Å²) in [6.07, 6.45) is 0.823. The highest BCUT2D eigenvalue weighted by Crippen LogP contribution is 2.33. The average Bonchev–Trinajstić information content (AvgIpc) is 3.51. The zero-order chi connectivity index (χ0) is 24.5. The lowest BCUT2D eigenvalue weighted by Crippen LogP contribution is -2.46.